The monoisotopic (exact) mass is 283 g/mol. The number of aromatic nitrogens is 3. The van der Waals surface area contributed by atoms with Crippen molar-refractivity contribution in [3.63, 3.8) is 0 Å². The first-order valence-corrected chi connectivity index (χ1v) is 7.30. The van der Waals surface area contributed by atoms with Gasteiger partial charge < -0.3 is 10.2 Å². The highest BCUT2D eigenvalue weighted by molar-refractivity contribution is 5.94. The average molecular weight is 283 g/mol. The van der Waals surface area contributed by atoms with E-state index in [-0.39, 0.29) is 5.91 Å². The van der Waals surface area contributed by atoms with Gasteiger partial charge in [0.2, 0.25) is 0 Å². The molecule has 1 N–H and O–H groups in total. The first kappa shape index (κ1) is 12.5. The van der Waals surface area contributed by atoms with Gasteiger partial charge in [-0.15, -0.1) is 10.2 Å². The van der Waals surface area contributed by atoms with Crippen molar-refractivity contribution in [1.29, 1.82) is 0 Å². The van der Waals surface area contributed by atoms with E-state index in [9.17, 15) is 4.79 Å². The van der Waals surface area contributed by atoms with Crippen LogP contribution in [0.2, 0.25) is 0 Å². The van der Waals surface area contributed by atoms with Crippen LogP contribution in [0.15, 0.2) is 36.9 Å². The Labute approximate surface area is 122 Å². The molecule has 3 heterocycles. The molecule has 0 aliphatic carbocycles. The van der Waals surface area contributed by atoms with Crippen LogP contribution in [0.3, 0.4) is 0 Å². The second kappa shape index (κ2) is 4.96. The summed E-state index contributed by atoms with van der Waals surface area (Å²) in [4.78, 5) is 14.7. The summed E-state index contributed by atoms with van der Waals surface area (Å²) in [5, 5.41) is 10.9. The molecule has 1 aromatic heterocycles. The third-order valence-corrected chi connectivity index (χ3v) is 4.54. The highest BCUT2D eigenvalue weighted by Gasteiger charge is 2.39. The number of fused-ring (bicyclic) bond motifs is 1. The molecule has 1 amide bonds. The van der Waals surface area contributed by atoms with Crippen molar-refractivity contribution in [2.75, 3.05) is 19.6 Å². The van der Waals surface area contributed by atoms with E-state index in [0.717, 1.165) is 37.3 Å². The standard InChI is InChI=1S/C15H17N5O/c21-15(20-6-5-12-7-16-8-14(12)20)11-1-3-13(4-2-11)19-9-17-18-10-19/h1-4,9-10,12,14,16H,5-8H2/t12-,14+/m1/s1. The van der Waals surface area contributed by atoms with Crippen molar-refractivity contribution in [1.82, 2.24) is 25.0 Å². The molecule has 0 spiro atoms. The van der Waals surface area contributed by atoms with Crippen molar-refractivity contribution >= 4 is 5.91 Å². The second-order valence-electron chi connectivity index (χ2n) is 5.69. The molecule has 2 aliphatic heterocycles. The molecule has 6 heteroatoms. The largest absolute Gasteiger partial charge is 0.334 e. The number of benzene rings is 1. The third kappa shape index (κ3) is 2.12. The number of hydrogen-bond donors (Lipinski definition) is 1. The Morgan fingerprint density at radius 3 is 2.67 bits per heavy atom. The van der Waals surface area contributed by atoms with E-state index in [1.165, 1.54) is 0 Å². The van der Waals surface area contributed by atoms with Gasteiger partial charge in [0.15, 0.2) is 0 Å². The second-order valence-corrected chi connectivity index (χ2v) is 5.69. The molecule has 21 heavy (non-hydrogen) atoms. The molecular formula is C15H17N5O. The Balaban J connectivity index is 1.55. The van der Waals surface area contributed by atoms with Gasteiger partial charge in [0.25, 0.3) is 5.91 Å². The molecule has 2 fully saturated rings. The summed E-state index contributed by atoms with van der Waals surface area (Å²) in [6.45, 7) is 2.85. The number of carbonyl (C=O) groups excluding carboxylic acids is 1. The zero-order valence-corrected chi connectivity index (χ0v) is 11.6. The minimum absolute atomic E-state index is 0.140. The highest BCUT2D eigenvalue weighted by atomic mass is 16.2. The minimum atomic E-state index is 0.140. The molecule has 0 saturated carbocycles. The molecule has 0 radical (unpaired) electrons. The summed E-state index contributed by atoms with van der Waals surface area (Å²) in [7, 11) is 0. The number of nitrogens with one attached hydrogen (secondary N) is 1. The number of amides is 1. The third-order valence-electron chi connectivity index (χ3n) is 4.54. The predicted molar refractivity (Wildman–Crippen MR) is 77.2 cm³/mol. The Morgan fingerprint density at radius 1 is 1.14 bits per heavy atom. The van der Waals surface area contributed by atoms with Crippen LogP contribution in [-0.4, -0.2) is 51.2 Å². The van der Waals surface area contributed by atoms with Crippen LogP contribution >= 0.6 is 0 Å². The van der Waals surface area contributed by atoms with E-state index in [0.29, 0.717) is 12.0 Å². The van der Waals surface area contributed by atoms with Gasteiger partial charge in [-0.1, -0.05) is 0 Å². The Morgan fingerprint density at radius 2 is 1.90 bits per heavy atom. The van der Waals surface area contributed by atoms with Crippen molar-refractivity contribution in [2.24, 2.45) is 5.92 Å². The SMILES string of the molecule is O=C(c1ccc(-n2cnnc2)cc1)N1CC[C@@H]2CNC[C@@H]21. The van der Waals surface area contributed by atoms with Crippen molar-refractivity contribution < 1.29 is 4.79 Å². The smallest absolute Gasteiger partial charge is 0.254 e. The van der Waals surface area contributed by atoms with Gasteiger partial charge in [0.05, 0.1) is 0 Å². The summed E-state index contributed by atoms with van der Waals surface area (Å²) < 4.78 is 1.82. The van der Waals surface area contributed by atoms with Crippen molar-refractivity contribution in [3.8, 4) is 5.69 Å². The molecule has 0 unspecified atom stereocenters. The maximum Gasteiger partial charge on any atom is 0.254 e. The highest BCUT2D eigenvalue weighted by Crippen LogP contribution is 2.28. The molecule has 6 nitrogen and oxygen atoms in total. The van der Waals surface area contributed by atoms with Crippen LogP contribution in [0.5, 0.6) is 0 Å². The molecular weight excluding hydrogens is 266 g/mol. The van der Waals surface area contributed by atoms with Crippen LogP contribution in [0.1, 0.15) is 16.8 Å². The molecule has 2 aliphatic rings. The normalized spacial score (nSPS) is 24.3. The fourth-order valence-corrected chi connectivity index (χ4v) is 3.38. The van der Waals surface area contributed by atoms with Gasteiger partial charge >= 0.3 is 0 Å². The van der Waals surface area contributed by atoms with Crippen LogP contribution in [0, 0.1) is 5.92 Å². The number of likely N-dealkylation sites (tertiary alicyclic amines) is 1. The van der Waals surface area contributed by atoms with Crippen molar-refractivity contribution in [2.45, 2.75) is 12.5 Å². The van der Waals surface area contributed by atoms with E-state index in [2.05, 4.69) is 15.5 Å². The van der Waals surface area contributed by atoms with E-state index in [4.69, 9.17) is 0 Å². The maximum atomic E-state index is 12.7. The topological polar surface area (TPSA) is 63.1 Å². The summed E-state index contributed by atoms with van der Waals surface area (Å²) in [6.07, 6.45) is 4.40. The fourth-order valence-electron chi connectivity index (χ4n) is 3.38. The van der Waals surface area contributed by atoms with Crippen LogP contribution in [0.25, 0.3) is 5.69 Å². The fraction of sp³-hybridized carbons (Fsp3) is 0.400. The van der Waals surface area contributed by atoms with Gasteiger partial charge in [-0.2, -0.15) is 0 Å². The summed E-state index contributed by atoms with van der Waals surface area (Å²) >= 11 is 0. The van der Waals surface area contributed by atoms with Gasteiger partial charge in [0, 0.05) is 36.9 Å². The number of nitrogens with zero attached hydrogens (tertiary/aromatic N) is 4. The summed E-state index contributed by atoms with van der Waals surface area (Å²) in [6, 6.07) is 7.99. The lowest BCUT2D eigenvalue weighted by atomic mass is 10.0. The van der Waals surface area contributed by atoms with Crippen LogP contribution in [0.4, 0.5) is 0 Å². The van der Waals surface area contributed by atoms with Gasteiger partial charge in [-0.25, -0.2) is 0 Å². The van der Waals surface area contributed by atoms with Crippen LogP contribution < -0.4 is 5.32 Å². The van der Waals surface area contributed by atoms with E-state index >= 15 is 0 Å². The van der Waals surface area contributed by atoms with Gasteiger partial charge in [0.1, 0.15) is 12.7 Å². The molecule has 108 valence electrons. The zero-order chi connectivity index (χ0) is 14.2. The van der Waals surface area contributed by atoms with Gasteiger partial charge in [-0.05, 0) is 36.6 Å². The lowest BCUT2D eigenvalue weighted by Gasteiger charge is -2.23. The molecule has 2 atom stereocenters. The summed E-state index contributed by atoms with van der Waals surface area (Å²) in [5.74, 6) is 0.770. The Kier molecular flexibility index (Phi) is 2.96. The van der Waals surface area contributed by atoms with Crippen LogP contribution in [-0.2, 0) is 0 Å². The first-order valence-electron chi connectivity index (χ1n) is 7.30. The Hall–Kier alpha value is -2.21. The molecule has 0 bridgehead atoms. The molecule has 1 aromatic carbocycles. The quantitative estimate of drug-likeness (QED) is 0.881. The van der Waals surface area contributed by atoms with Gasteiger partial charge in [-0.3, -0.25) is 9.36 Å². The number of carbonyl (C=O) groups is 1. The molecule has 4 rings (SSSR count). The minimum Gasteiger partial charge on any atom is -0.334 e. The first-order chi connectivity index (χ1) is 10.3. The van der Waals surface area contributed by atoms with Crippen molar-refractivity contribution in [3.05, 3.63) is 42.5 Å². The zero-order valence-electron chi connectivity index (χ0n) is 11.6. The molecule has 2 aromatic rings. The predicted octanol–water partition coefficient (Wildman–Crippen LogP) is 0.701. The maximum absolute atomic E-state index is 12.7. The van der Waals surface area contributed by atoms with E-state index in [1.807, 2.05) is 33.7 Å². The Bertz CT molecular complexity index is 637. The average Bonchev–Trinajstić information content (AvgIpc) is 3.24. The van der Waals surface area contributed by atoms with E-state index in [1.54, 1.807) is 12.7 Å². The molecule has 2 saturated heterocycles. The number of hydrogen-bond acceptors (Lipinski definition) is 4. The summed E-state index contributed by atoms with van der Waals surface area (Å²) in [5.41, 5.74) is 1.71. The lowest BCUT2D eigenvalue weighted by Crippen LogP contribution is -2.39. The lowest BCUT2D eigenvalue weighted by molar-refractivity contribution is 0.0737. The number of rotatable bonds is 2. The van der Waals surface area contributed by atoms with E-state index < -0.39 is 0 Å².